The maximum Gasteiger partial charge on any atom is 0.191 e. The van der Waals surface area contributed by atoms with Gasteiger partial charge in [0.1, 0.15) is 22.8 Å². The van der Waals surface area contributed by atoms with Crippen molar-refractivity contribution in [3.8, 4) is 11.5 Å². The van der Waals surface area contributed by atoms with Crippen LogP contribution in [0.1, 0.15) is 12.5 Å². The summed E-state index contributed by atoms with van der Waals surface area (Å²) in [7, 11) is 3.39. The van der Waals surface area contributed by atoms with Crippen molar-refractivity contribution < 1.29 is 9.47 Å². The molecule has 1 atom stereocenters. The second-order valence-electron chi connectivity index (χ2n) is 5.72. The number of benzene rings is 1. The molecule has 0 saturated carbocycles. The molecule has 0 aliphatic carbocycles. The van der Waals surface area contributed by atoms with Gasteiger partial charge in [-0.1, -0.05) is 17.7 Å². The van der Waals surface area contributed by atoms with Gasteiger partial charge >= 0.3 is 0 Å². The monoisotopic (exact) mass is 504 g/mol. The number of ether oxygens (including phenoxy) is 2. The van der Waals surface area contributed by atoms with Crippen LogP contribution in [0, 0.1) is 0 Å². The Labute approximate surface area is 182 Å². The first kappa shape index (κ1) is 23.3. The Hall–Kier alpha value is -1.74. The summed E-state index contributed by atoms with van der Waals surface area (Å²) in [5.74, 6) is 2.35. The number of hydrogen-bond acceptors (Lipinski definition) is 4. The molecule has 0 fully saturated rings. The molecule has 1 heterocycles. The van der Waals surface area contributed by atoms with E-state index in [1.54, 1.807) is 26.4 Å². The lowest BCUT2D eigenvalue weighted by atomic mass is 10.2. The van der Waals surface area contributed by atoms with Crippen molar-refractivity contribution in [3.05, 3.63) is 53.3 Å². The summed E-state index contributed by atoms with van der Waals surface area (Å²) in [6.45, 7) is 3.38. The number of aliphatic imine (C=N–C) groups is 1. The molecular weight excluding hydrogens is 479 g/mol. The van der Waals surface area contributed by atoms with E-state index in [4.69, 9.17) is 21.1 Å². The van der Waals surface area contributed by atoms with Crippen LogP contribution in [0.3, 0.4) is 0 Å². The van der Waals surface area contributed by atoms with E-state index in [-0.39, 0.29) is 30.1 Å². The van der Waals surface area contributed by atoms with E-state index in [9.17, 15) is 0 Å². The Morgan fingerprint density at radius 2 is 1.85 bits per heavy atom. The van der Waals surface area contributed by atoms with Crippen LogP contribution < -0.4 is 20.1 Å². The Morgan fingerprint density at radius 3 is 2.44 bits per heavy atom. The summed E-state index contributed by atoms with van der Waals surface area (Å²) in [5, 5.41) is 7.04. The third-order valence-electron chi connectivity index (χ3n) is 3.67. The summed E-state index contributed by atoms with van der Waals surface area (Å²) in [4.78, 5) is 8.30. The lowest BCUT2D eigenvalue weighted by molar-refractivity contribution is 0.223. The van der Waals surface area contributed by atoms with Crippen LogP contribution in [0.5, 0.6) is 11.5 Å². The minimum atomic E-state index is -0.0117. The van der Waals surface area contributed by atoms with Crippen LogP contribution in [-0.2, 0) is 6.42 Å². The molecule has 0 aliphatic heterocycles. The Bertz CT molecular complexity index is 696. The molecule has 1 unspecified atom stereocenters. The topological polar surface area (TPSA) is 67.8 Å². The number of halogens is 2. The average molecular weight is 505 g/mol. The van der Waals surface area contributed by atoms with E-state index < -0.39 is 0 Å². The normalized spacial score (nSPS) is 11.9. The standard InChI is InChI=1S/C19H25ClN4O2.HI/c1-14(26-17-7-5-16(25-3)6-8-17)12-24-19(21-2)22-11-10-15-4-9-18(20)23-13-15;/h4-9,13-14H,10-12H2,1-3H3,(H2,21,22,24);1H. The molecule has 0 amide bonds. The zero-order chi connectivity index (χ0) is 18.8. The van der Waals surface area contributed by atoms with E-state index in [0.29, 0.717) is 11.7 Å². The first-order chi connectivity index (χ1) is 12.6. The average Bonchev–Trinajstić information content (AvgIpc) is 2.66. The highest BCUT2D eigenvalue weighted by Crippen LogP contribution is 2.17. The Kier molecular flexibility index (Phi) is 10.9. The molecule has 148 valence electrons. The summed E-state index contributed by atoms with van der Waals surface area (Å²) in [6.07, 6.45) is 2.61. The van der Waals surface area contributed by atoms with Crippen molar-refractivity contribution in [1.29, 1.82) is 0 Å². The fourth-order valence-corrected chi connectivity index (χ4v) is 2.38. The van der Waals surface area contributed by atoms with E-state index >= 15 is 0 Å². The highest BCUT2D eigenvalue weighted by molar-refractivity contribution is 14.0. The second-order valence-corrected chi connectivity index (χ2v) is 6.11. The van der Waals surface area contributed by atoms with Gasteiger partial charge in [0.2, 0.25) is 0 Å². The maximum absolute atomic E-state index is 5.87. The van der Waals surface area contributed by atoms with Gasteiger partial charge in [0.05, 0.1) is 13.7 Å². The number of rotatable bonds is 8. The quantitative estimate of drug-likeness (QED) is 0.249. The zero-order valence-electron chi connectivity index (χ0n) is 15.7. The summed E-state index contributed by atoms with van der Waals surface area (Å²) >= 11 is 5.79. The molecule has 8 heteroatoms. The molecule has 0 bridgehead atoms. The smallest absolute Gasteiger partial charge is 0.191 e. The predicted molar refractivity (Wildman–Crippen MR) is 121 cm³/mol. The van der Waals surface area contributed by atoms with E-state index in [2.05, 4.69) is 20.6 Å². The molecule has 2 aromatic rings. The number of nitrogens with one attached hydrogen (secondary N) is 2. The van der Waals surface area contributed by atoms with E-state index in [1.165, 1.54) is 0 Å². The van der Waals surface area contributed by atoms with Gasteiger partial charge in [-0.25, -0.2) is 4.98 Å². The van der Waals surface area contributed by atoms with Crippen molar-refractivity contribution in [2.45, 2.75) is 19.4 Å². The zero-order valence-corrected chi connectivity index (χ0v) is 18.8. The summed E-state index contributed by atoms with van der Waals surface area (Å²) in [5.41, 5.74) is 1.12. The van der Waals surface area contributed by atoms with Gasteiger partial charge in [-0.15, -0.1) is 24.0 Å². The number of nitrogens with zero attached hydrogens (tertiary/aromatic N) is 2. The van der Waals surface area contributed by atoms with Gasteiger partial charge in [0.15, 0.2) is 5.96 Å². The van der Waals surface area contributed by atoms with Gasteiger partial charge in [0, 0.05) is 19.8 Å². The molecular formula is C19H26ClIN4O2. The van der Waals surface area contributed by atoms with E-state index in [0.717, 1.165) is 36.0 Å². The number of aromatic nitrogens is 1. The number of guanidine groups is 1. The highest BCUT2D eigenvalue weighted by Gasteiger charge is 2.06. The largest absolute Gasteiger partial charge is 0.497 e. The lowest BCUT2D eigenvalue weighted by Crippen LogP contribution is -2.42. The molecule has 1 aromatic carbocycles. The minimum Gasteiger partial charge on any atom is -0.497 e. The molecule has 0 aliphatic rings. The third kappa shape index (κ3) is 8.66. The number of methoxy groups -OCH3 is 1. The highest BCUT2D eigenvalue weighted by atomic mass is 127. The first-order valence-corrected chi connectivity index (χ1v) is 8.84. The second kappa shape index (κ2) is 12.6. The predicted octanol–water partition coefficient (Wildman–Crippen LogP) is 3.54. The lowest BCUT2D eigenvalue weighted by Gasteiger charge is -2.18. The molecule has 0 spiro atoms. The first-order valence-electron chi connectivity index (χ1n) is 8.46. The third-order valence-corrected chi connectivity index (χ3v) is 3.90. The molecule has 6 nitrogen and oxygen atoms in total. The molecule has 0 saturated heterocycles. The maximum atomic E-state index is 5.87. The van der Waals surface area contributed by atoms with Gasteiger partial charge in [-0.2, -0.15) is 0 Å². The van der Waals surface area contributed by atoms with E-state index in [1.807, 2.05) is 37.3 Å². The van der Waals surface area contributed by atoms with Crippen LogP contribution in [0.4, 0.5) is 0 Å². The molecule has 2 rings (SSSR count). The van der Waals surface area contributed by atoms with Gasteiger partial charge in [-0.3, -0.25) is 4.99 Å². The van der Waals surface area contributed by atoms with Crippen LogP contribution >= 0.6 is 35.6 Å². The summed E-state index contributed by atoms with van der Waals surface area (Å²) in [6, 6.07) is 11.3. The van der Waals surface area contributed by atoms with Crippen molar-refractivity contribution in [3.63, 3.8) is 0 Å². The molecule has 27 heavy (non-hydrogen) atoms. The minimum absolute atomic E-state index is 0. The number of hydrogen-bond donors (Lipinski definition) is 2. The Balaban J connectivity index is 0.00000364. The van der Waals surface area contributed by atoms with Crippen molar-refractivity contribution in [2.24, 2.45) is 4.99 Å². The van der Waals surface area contributed by atoms with Crippen LogP contribution in [0.25, 0.3) is 0 Å². The number of pyridine rings is 1. The van der Waals surface area contributed by atoms with Crippen molar-refractivity contribution >= 4 is 41.5 Å². The molecule has 0 radical (unpaired) electrons. The van der Waals surface area contributed by atoms with Crippen molar-refractivity contribution in [2.75, 3.05) is 27.2 Å². The SMILES string of the molecule is CN=C(NCCc1ccc(Cl)nc1)NCC(C)Oc1ccc(OC)cc1.I. The van der Waals surface area contributed by atoms with Gasteiger partial charge in [0.25, 0.3) is 0 Å². The Morgan fingerprint density at radius 1 is 1.15 bits per heavy atom. The van der Waals surface area contributed by atoms with Crippen LogP contribution in [0.15, 0.2) is 47.6 Å². The van der Waals surface area contributed by atoms with Gasteiger partial charge in [-0.05, 0) is 49.2 Å². The molecule has 2 N–H and O–H groups in total. The van der Waals surface area contributed by atoms with Crippen LogP contribution in [0.2, 0.25) is 5.15 Å². The van der Waals surface area contributed by atoms with Crippen LogP contribution in [-0.4, -0.2) is 44.3 Å². The van der Waals surface area contributed by atoms with Crippen molar-refractivity contribution in [1.82, 2.24) is 15.6 Å². The fourth-order valence-electron chi connectivity index (χ4n) is 2.27. The van der Waals surface area contributed by atoms with Gasteiger partial charge < -0.3 is 20.1 Å². The summed E-state index contributed by atoms with van der Waals surface area (Å²) < 4.78 is 11.0. The fraction of sp³-hybridized carbons (Fsp3) is 0.368. The molecule has 1 aromatic heterocycles.